The van der Waals surface area contributed by atoms with Gasteiger partial charge in [-0.25, -0.2) is 4.89 Å². The SMILES string of the molecule is CC1OC=C2C(=O)C(COO)C(=O)C(C)C2C1C. The van der Waals surface area contributed by atoms with E-state index in [2.05, 4.69) is 4.89 Å². The predicted molar refractivity (Wildman–Crippen MR) is 62.5 cm³/mol. The molecule has 0 aromatic heterocycles. The van der Waals surface area contributed by atoms with Crippen molar-refractivity contribution in [1.29, 1.82) is 0 Å². The highest BCUT2D eigenvalue weighted by molar-refractivity contribution is 6.14. The van der Waals surface area contributed by atoms with E-state index in [1.54, 1.807) is 0 Å². The van der Waals surface area contributed by atoms with E-state index in [4.69, 9.17) is 9.99 Å². The van der Waals surface area contributed by atoms with Gasteiger partial charge in [-0.3, -0.25) is 14.8 Å². The normalized spacial score (nSPS) is 40.0. The standard InChI is InChI=1S/C13H18O5/c1-6-8(3)17-4-9-11(6)7(2)12(14)10(5-18-16)13(9)15/h4,6-8,10-11,16H,5H2,1-3H3. The van der Waals surface area contributed by atoms with Crippen molar-refractivity contribution in [2.45, 2.75) is 26.9 Å². The minimum atomic E-state index is -0.906. The molecule has 0 aromatic rings. The van der Waals surface area contributed by atoms with Crippen LogP contribution in [0.2, 0.25) is 0 Å². The van der Waals surface area contributed by atoms with Crippen molar-refractivity contribution >= 4 is 11.6 Å². The third-order valence-electron chi connectivity index (χ3n) is 4.25. The maximum absolute atomic E-state index is 12.2. The molecule has 0 bridgehead atoms. The van der Waals surface area contributed by atoms with Gasteiger partial charge in [-0.05, 0) is 6.92 Å². The van der Waals surface area contributed by atoms with Gasteiger partial charge >= 0.3 is 0 Å². The van der Waals surface area contributed by atoms with Gasteiger partial charge in [-0.2, -0.15) is 0 Å². The molecule has 100 valence electrons. The van der Waals surface area contributed by atoms with Gasteiger partial charge in [-0.15, -0.1) is 0 Å². The Hall–Kier alpha value is -1.20. The fourth-order valence-corrected chi connectivity index (χ4v) is 2.96. The molecule has 2 rings (SSSR count). The van der Waals surface area contributed by atoms with Crippen molar-refractivity contribution in [2.24, 2.45) is 23.7 Å². The van der Waals surface area contributed by atoms with E-state index in [9.17, 15) is 9.59 Å². The van der Waals surface area contributed by atoms with Crippen molar-refractivity contribution in [1.82, 2.24) is 0 Å². The van der Waals surface area contributed by atoms with Crippen LogP contribution in [-0.4, -0.2) is 29.5 Å². The molecule has 18 heavy (non-hydrogen) atoms. The average molecular weight is 254 g/mol. The van der Waals surface area contributed by atoms with Crippen LogP contribution in [-0.2, 0) is 19.2 Å². The molecular formula is C13H18O5. The van der Waals surface area contributed by atoms with Crippen LogP contribution < -0.4 is 0 Å². The van der Waals surface area contributed by atoms with Crippen LogP contribution >= 0.6 is 0 Å². The summed E-state index contributed by atoms with van der Waals surface area (Å²) in [6, 6.07) is 0. The van der Waals surface area contributed by atoms with Crippen LogP contribution in [0.3, 0.4) is 0 Å². The second kappa shape index (κ2) is 4.82. The summed E-state index contributed by atoms with van der Waals surface area (Å²) in [5.41, 5.74) is 0.551. The summed E-state index contributed by atoms with van der Waals surface area (Å²) in [7, 11) is 0. The Morgan fingerprint density at radius 2 is 2.00 bits per heavy atom. The van der Waals surface area contributed by atoms with Gasteiger partial charge in [0.25, 0.3) is 0 Å². The first-order valence-electron chi connectivity index (χ1n) is 6.18. The number of rotatable bonds is 2. The number of hydrogen-bond acceptors (Lipinski definition) is 5. The van der Waals surface area contributed by atoms with Gasteiger partial charge < -0.3 is 4.74 Å². The summed E-state index contributed by atoms with van der Waals surface area (Å²) < 4.78 is 5.44. The van der Waals surface area contributed by atoms with Crippen molar-refractivity contribution < 1.29 is 24.5 Å². The molecule has 5 atom stereocenters. The number of carbonyl (C=O) groups excluding carboxylic acids is 2. The highest BCUT2D eigenvalue weighted by Gasteiger charge is 2.49. The first-order chi connectivity index (χ1) is 8.49. The van der Waals surface area contributed by atoms with Crippen molar-refractivity contribution in [3.8, 4) is 0 Å². The van der Waals surface area contributed by atoms with Gasteiger partial charge in [0.2, 0.25) is 0 Å². The lowest BCUT2D eigenvalue weighted by Gasteiger charge is -2.41. The van der Waals surface area contributed by atoms with Crippen LogP contribution in [0.25, 0.3) is 0 Å². The molecule has 0 radical (unpaired) electrons. The average Bonchev–Trinajstić information content (AvgIpc) is 2.35. The van der Waals surface area contributed by atoms with E-state index in [1.807, 2.05) is 20.8 Å². The Balaban J connectivity index is 2.36. The molecule has 2 aliphatic rings. The smallest absolute Gasteiger partial charge is 0.175 e. The molecular weight excluding hydrogens is 236 g/mol. The first kappa shape index (κ1) is 13.2. The van der Waals surface area contributed by atoms with Gasteiger partial charge in [0.15, 0.2) is 5.78 Å². The topological polar surface area (TPSA) is 72.8 Å². The second-order valence-corrected chi connectivity index (χ2v) is 5.20. The number of Topliss-reactive ketones (excluding diaryl/α,β-unsaturated/α-hetero) is 2. The molecule has 1 aliphatic carbocycles. The van der Waals surface area contributed by atoms with Crippen LogP contribution in [0.5, 0.6) is 0 Å². The molecule has 1 fully saturated rings. The molecule has 1 N–H and O–H groups in total. The predicted octanol–water partition coefficient (Wildman–Crippen LogP) is 1.43. The lowest BCUT2D eigenvalue weighted by molar-refractivity contribution is -0.249. The van der Waals surface area contributed by atoms with E-state index >= 15 is 0 Å². The van der Waals surface area contributed by atoms with Gasteiger partial charge in [0.05, 0.1) is 19.0 Å². The summed E-state index contributed by atoms with van der Waals surface area (Å²) in [4.78, 5) is 28.3. The van der Waals surface area contributed by atoms with E-state index < -0.39 is 5.92 Å². The molecule has 5 unspecified atom stereocenters. The van der Waals surface area contributed by atoms with E-state index in [0.717, 1.165) is 0 Å². The van der Waals surface area contributed by atoms with Crippen LogP contribution in [0, 0.1) is 23.7 Å². The van der Waals surface area contributed by atoms with E-state index in [1.165, 1.54) is 6.26 Å². The lowest BCUT2D eigenvalue weighted by Crippen LogP contribution is -2.49. The molecule has 0 spiro atoms. The largest absolute Gasteiger partial charge is 0.498 e. The molecule has 5 nitrogen and oxygen atoms in total. The number of hydrogen-bond donors (Lipinski definition) is 1. The third-order valence-corrected chi connectivity index (χ3v) is 4.25. The molecule has 1 aliphatic heterocycles. The zero-order chi connectivity index (χ0) is 13.4. The maximum atomic E-state index is 12.2. The van der Waals surface area contributed by atoms with E-state index in [0.29, 0.717) is 5.57 Å². The number of ketones is 2. The second-order valence-electron chi connectivity index (χ2n) is 5.20. The van der Waals surface area contributed by atoms with Crippen molar-refractivity contribution in [2.75, 3.05) is 6.61 Å². The van der Waals surface area contributed by atoms with Gasteiger partial charge in [0, 0.05) is 23.3 Å². The lowest BCUT2D eigenvalue weighted by atomic mass is 9.64. The zero-order valence-corrected chi connectivity index (χ0v) is 10.8. The first-order valence-corrected chi connectivity index (χ1v) is 6.18. The van der Waals surface area contributed by atoms with Gasteiger partial charge in [-0.1, -0.05) is 13.8 Å². The van der Waals surface area contributed by atoms with E-state index in [-0.39, 0.29) is 42.0 Å². The Bertz CT molecular complexity index is 400. The van der Waals surface area contributed by atoms with Gasteiger partial charge in [0.1, 0.15) is 11.7 Å². The van der Waals surface area contributed by atoms with Crippen molar-refractivity contribution in [3.05, 3.63) is 11.8 Å². The summed E-state index contributed by atoms with van der Waals surface area (Å²) in [5, 5.41) is 8.48. The molecule has 1 saturated carbocycles. The Labute approximate surface area is 106 Å². The maximum Gasteiger partial charge on any atom is 0.175 e. The summed E-state index contributed by atoms with van der Waals surface area (Å²) >= 11 is 0. The molecule has 1 heterocycles. The molecule has 0 saturated heterocycles. The summed E-state index contributed by atoms with van der Waals surface area (Å²) in [6.07, 6.45) is 1.47. The highest BCUT2D eigenvalue weighted by atomic mass is 17.1. The highest BCUT2D eigenvalue weighted by Crippen LogP contribution is 2.42. The summed E-state index contributed by atoms with van der Waals surface area (Å²) in [6.45, 7) is 5.47. The third kappa shape index (κ3) is 1.87. The number of ether oxygens (including phenoxy) is 1. The molecule has 0 amide bonds. The number of allylic oxidation sites excluding steroid dienone is 1. The minimum Gasteiger partial charge on any atom is -0.498 e. The van der Waals surface area contributed by atoms with Crippen LogP contribution in [0.15, 0.2) is 11.8 Å². The van der Waals surface area contributed by atoms with Crippen molar-refractivity contribution in [3.63, 3.8) is 0 Å². The summed E-state index contributed by atoms with van der Waals surface area (Å²) in [5.74, 6) is -1.58. The Morgan fingerprint density at radius 3 is 2.61 bits per heavy atom. The zero-order valence-electron chi connectivity index (χ0n) is 10.8. The van der Waals surface area contributed by atoms with Crippen LogP contribution in [0.4, 0.5) is 0 Å². The van der Waals surface area contributed by atoms with Crippen LogP contribution in [0.1, 0.15) is 20.8 Å². The quantitative estimate of drug-likeness (QED) is 0.458. The molecule has 5 heteroatoms. The number of fused-ring (bicyclic) bond motifs is 1. The fourth-order valence-electron chi connectivity index (χ4n) is 2.96. The minimum absolute atomic E-state index is 0.00700. The molecule has 0 aromatic carbocycles. The monoisotopic (exact) mass is 254 g/mol. The Morgan fingerprint density at radius 1 is 1.33 bits per heavy atom. The number of carbonyl (C=O) groups is 2. The Kier molecular flexibility index (Phi) is 3.54. The fraction of sp³-hybridized carbons (Fsp3) is 0.692.